The minimum Gasteiger partial charge on any atom is -0.465 e. The number of ether oxygens (including phenoxy) is 2. The van der Waals surface area contributed by atoms with Crippen molar-refractivity contribution in [2.24, 2.45) is 5.73 Å². The Hall–Kier alpha value is -2.04. The standard InChI is InChI=1S/C17H19NO3.ClH/c1-2-20-17(19)16(18)12-13-7-6-10-15(11-13)21-14-8-4-3-5-9-14;/h3-11,16H,2,12,18H2,1H3;1H. The van der Waals surface area contributed by atoms with Crippen molar-refractivity contribution in [3.05, 3.63) is 60.2 Å². The summed E-state index contributed by atoms with van der Waals surface area (Å²) in [5.41, 5.74) is 6.76. The number of hydrogen-bond acceptors (Lipinski definition) is 4. The molecule has 0 saturated carbocycles. The van der Waals surface area contributed by atoms with Gasteiger partial charge in [-0.15, -0.1) is 12.4 Å². The molecule has 0 bridgehead atoms. The van der Waals surface area contributed by atoms with E-state index < -0.39 is 6.04 Å². The Kier molecular flexibility index (Phi) is 7.43. The molecule has 0 aliphatic rings. The lowest BCUT2D eigenvalue weighted by molar-refractivity contribution is -0.144. The quantitative estimate of drug-likeness (QED) is 0.829. The van der Waals surface area contributed by atoms with E-state index in [1.165, 1.54) is 0 Å². The maximum absolute atomic E-state index is 11.5. The molecule has 2 N–H and O–H groups in total. The van der Waals surface area contributed by atoms with Crippen LogP contribution in [0.1, 0.15) is 12.5 Å². The molecule has 0 heterocycles. The second-order valence-electron chi connectivity index (χ2n) is 4.63. The van der Waals surface area contributed by atoms with Crippen LogP contribution in [0.2, 0.25) is 0 Å². The fourth-order valence-corrected chi connectivity index (χ4v) is 1.95. The third kappa shape index (κ3) is 5.39. The van der Waals surface area contributed by atoms with Gasteiger partial charge in [0.25, 0.3) is 0 Å². The topological polar surface area (TPSA) is 61.5 Å². The van der Waals surface area contributed by atoms with Crippen LogP contribution >= 0.6 is 12.4 Å². The van der Waals surface area contributed by atoms with E-state index in [1.54, 1.807) is 6.92 Å². The van der Waals surface area contributed by atoms with Gasteiger partial charge in [0.2, 0.25) is 0 Å². The number of para-hydroxylation sites is 1. The van der Waals surface area contributed by atoms with Crippen molar-refractivity contribution in [2.45, 2.75) is 19.4 Å². The first-order chi connectivity index (χ1) is 10.2. The zero-order valence-corrected chi connectivity index (χ0v) is 13.2. The predicted octanol–water partition coefficient (Wildman–Crippen LogP) is 3.33. The zero-order chi connectivity index (χ0) is 15.1. The van der Waals surface area contributed by atoms with E-state index >= 15 is 0 Å². The highest BCUT2D eigenvalue weighted by Crippen LogP contribution is 2.22. The molecular formula is C17H20ClNO3. The molecule has 0 radical (unpaired) electrons. The minimum absolute atomic E-state index is 0. The van der Waals surface area contributed by atoms with Crippen LogP contribution in [-0.4, -0.2) is 18.6 Å². The molecule has 0 fully saturated rings. The van der Waals surface area contributed by atoms with Gasteiger partial charge in [0.05, 0.1) is 6.61 Å². The van der Waals surface area contributed by atoms with E-state index in [1.807, 2.05) is 54.6 Å². The molecule has 2 aromatic rings. The fraction of sp³-hybridized carbons (Fsp3) is 0.235. The lowest BCUT2D eigenvalue weighted by Gasteiger charge is -2.12. The van der Waals surface area contributed by atoms with Crippen molar-refractivity contribution in [1.29, 1.82) is 0 Å². The molecule has 2 rings (SSSR count). The van der Waals surface area contributed by atoms with E-state index in [4.69, 9.17) is 15.2 Å². The van der Waals surface area contributed by atoms with Crippen LogP contribution in [0.25, 0.3) is 0 Å². The average molecular weight is 322 g/mol. The highest BCUT2D eigenvalue weighted by atomic mass is 35.5. The summed E-state index contributed by atoms with van der Waals surface area (Å²) in [6.07, 6.45) is 0.421. The van der Waals surface area contributed by atoms with Crippen LogP contribution in [0.5, 0.6) is 11.5 Å². The van der Waals surface area contributed by atoms with E-state index in [0.717, 1.165) is 17.1 Å². The third-order valence-corrected chi connectivity index (χ3v) is 2.92. The summed E-state index contributed by atoms with van der Waals surface area (Å²) in [5, 5.41) is 0. The Labute approximate surface area is 136 Å². The Morgan fingerprint density at radius 2 is 1.77 bits per heavy atom. The molecule has 0 saturated heterocycles. The number of benzene rings is 2. The summed E-state index contributed by atoms with van der Waals surface area (Å²) in [7, 11) is 0. The summed E-state index contributed by atoms with van der Waals surface area (Å²) in [6.45, 7) is 2.10. The van der Waals surface area contributed by atoms with Crippen molar-refractivity contribution in [1.82, 2.24) is 0 Å². The first-order valence-electron chi connectivity index (χ1n) is 6.93. The first kappa shape index (κ1) is 18.0. The lowest BCUT2D eigenvalue weighted by atomic mass is 10.1. The molecule has 5 heteroatoms. The number of carbonyl (C=O) groups excluding carboxylic acids is 1. The van der Waals surface area contributed by atoms with Crippen LogP contribution in [0, 0.1) is 0 Å². The van der Waals surface area contributed by atoms with E-state index in [2.05, 4.69) is 0 Å². The molecular weight excluding hydrogens is 302 g/mol. The van der Waals surface area contributed by atoms with Gasteiger partial charge in [-0.05, 0) is 43.2 Å². The van der Waals surface area contributed by atoms with Crippen LogP contribution in [0.3, 0.4) is 0 Å². The van der Waals surface area contributed by atoms with Crippen molar-refractivity contribution in [2.75, 3.05) is 6.61 Å². The third-order valence-electron chi connectivity index (χ3n) is 2.92. The number of hydrogen-bond donors (Lipinski definition) is 1. The van der Waals surface area contributed by atoms with Crippen molar-refractivity contribution >= 4 is 18.4 Å². The summed E-state index contributed by atoms with van der Waals surface area (Å²) in [4.78, 5) is 11.5. The van der Waals surface area contributed by atoms with Crippen LogP contribution in [-0.2, 0) is 16.0 Å². The molecule has 2 aromatic carbocycles. The predicted molar refractivity (Wildman–Crippen MR) is 88.5 cm³/mol. The number of rotatable bonds is 6. The number of halogens is 1. The van der Waals surface area contributed by atoms with Gasteiger partial charge in [-0.3, -0.25) is 4.79 Å². The van der Waals surface area contributed by atoms with E-state index in [0.29, 0.717) is 13.0 Å². The van der Waals surface area contributed by atoms with Crippen molar-refractivity contribution in [3.63, 3.8) is 0 Å². The highest BCUT2D eigenvalue weighted by molar-refractivity contribution is 5.85. The second kappa shape index (κ2) is 9.07. The molecule has 22 heavy (non-hydrogen) atoms. The SMILES string of the molecule is CCOC(=O)C(N)Cc1cccc(Oc2ccccc2)c1.Cl. The van der Waals surface area contributed by atoms with Gasteiger partial charge in [0.1, 0.15) is 17.5 Å². The Balaban J connectivity index is 0.00000242. The number of nitrogens with two attached hydrogens (primary N) is 1. The van der Waals surface area contributed by atoms with Crippen LogP contribution in [0.15, 0.2) is 54.6 Å². The van der Waals surface area contributed by atoms with Crippen LogP contribution in [0.4, 0.5) is 0 Å². The Morgan fingerprint density at radius 1 is 1.09 bits per heavy atom. The Bertz CT molecular complexity index is 589. The molecule has 1 unspecified atom stereocenters. The molecule has 0 aromatic heterocycles. The van der Waals surface area contributed by atoms with Gasteiger partial charge in [0, 0.05) is 0 Å². The van der Waals surface area contributed by atoms with Gasteiger partial charge < -0.3 is 15.2 Å². The molecule has 0 spiro atoms. The zero-order valence-electron chi connectivity index (χ0n) is 12.4. The number of carbonyl (C=O) groups is 1. The monoisotopic (exact) mass is 321 g/mol. The Morgan fingerprint density at radius 3 is 2.45 bits per heavy atom. The summed E-state index contributed by atoms with van der Waals surface area (Å²) >= 11 is 0. The average Bonchev–Trinajstić information content (AvgIpc) is 2.49. The molecule has 0 amide bonds. The maximum atomic E-state index is 11.5. The molecule has 4 nitrogen and oxygen atoms in total. The van der Waals surface area contributed by atoms with Gasteiger partial charge in [0.15, 0.2) is 0 Å². The molecule has 1 atom stereocenters. The first-order valence-corrected chi connectivity index (χ1v) is 6.93. The number of esters is 1. The van der Waals surface area contributed by atoms with Gasteiger partial charge in [-0.1, -0.05) is 30.3 Å². The highest BCUT2D eigenvalue weighted by Gasteiger charge is 2.15. The molecule has 0 aliphatic carbocycles. The van der Waals surface area contributed by atoms with Gasteiger partial charge in [-0.25, -0.2) is 0 Å². The maximum Gasteiger partial charge on any atom is 0.323 e. The summed E-state index contributed by atoms with van der Waals surface area (Å²) in [6, 6.07) is 16.4. The normalized spacial score (nSPS) is 11.2. The summed E-state index contributed by atoms with van der Waals surface area (Å²) in [5.74, 6) is 1.10. The fourth-order valence-electron chi connectivity index (χ4n) is 1.95. The van der Waals surface area contributed by atoms with E-state index in [-0.39, 0.29) is 18.4 Å². The lowest BCUT2D eigenvalue weighted by Crippen LogP contribution is -2.34. The van der Waals surface area contributed by atoms with Crippen LogP contribution < -0.4 is 10.5 Å². The van der Waals surface area contributed by atoms with E-state index in [9.17, 15) is 4.79 Å². The van der Waals surface area contributed by atoms with Crippen molar-refractivity contribution < 1.29 is 14.3 Å². The largest absolute Gasteiger partial charge is 0.465 e. The molecule has 0 aliphatic heterocycles. The second-order valence-corrected chi connectivity index (χ2v) is 4.63. The van der Waals surface area contributed by atoms with Crippen molar-refractivity contribution in [3.8, 4) is 11.5 Å². The molecule has 118 valence electrons. The van der Waals surface area contributed by atoms with Gasteiger partial charge in [-0.2, -0.15) is 0 Å². The summed E-state index contributed by atoms with van der Waals surface area (Å²) < 4.78 is 10.7. The smallest absolute Gasteiger partial charge is 0.323 e. The van der Waals surface area contributed by atoms with Gasteiger partial charge >= 0.3 is 5.97 Å². The minimum atomic E-state index is -0.656.